The summed E-state index contributed by atoms with van der Waals surface area (Å²) < 4.78 is 13.0. The Hall–Kier alpha value is -2.07. The Balaban J connectivity index is 1.78. The number of nitrogens with one attached hydrogen (secondary N) is 2. The summed E-state index contributed by atoms with van der Waals surface area (Å²) in [4.78, 5) is 11.8. The average molecular weight is 321 g/mol. The molecule has 0 aliphatic heterocycles. The summed E-state index contributed by atoms with van der Waals surface area (Å²) in [5, 5.41) is 6.24. The Morgan fingerprint density at radius 2 is 2.00 bits per heavy atom. The molecular weight excluding hydrogens is 303 g/mol. The van der Waals surface area contributed by atoms with E-state index in [-0.39, 0.29) is 17.9 Å². The van der Waals surface area contributed by atoms with Gasteiger partial charge in [-0.25, -0.2) is 9.18 Å². The number of benzene rings is 2. The molecule has 0 aromatic heterocycles. The van der Waals surface area contributed by atoms with E-state index in [1.165, 1.54) is 12.1 Å². The number of hydrogen-bond donors (Lipinski definition) is 2. The van der Waals surface area contributed by atoms with E-state index in [0.717, 1.165) is 11.1 Å². The highest BCUT2D eigenvalue weighted by Gasteiger charge is 2.09. The van der Waals surface area contributed by atoms with E-state index < -0.39 is 0 Å². The largest absolute Gasteiger partial charge is 0.338 e. The molecule has 2 N–H and O–H groups in total. The molecule has 5 heteroatoms. The molecule has 2 aromatic rings. The number of rotatable bonds is 5. The molecule has 2 aromatic carbocycles. The third kappa shape index (κ3) is 5.04. The van der Waals surface area contributed by atoms with Crippen molar-refractivity contribution in [2.45, 2.75) is 19.4 Å². The molecule has 22 heavy (non-hydrogen) atoms. The van der Waals surface area contributed by atoms with Gasteiger partial charge in [0.05, 0.1) is 6.04 Å². The van der Waals surface area contributed by atoms with Crippen LogP contribution in [0.15, 0.2) is 48.5 Å². The van der Waals surface area contributed by atoms with E-state index >= 15 is 0 Å². The third-order valence-electron chi connectivity index (χ3n) is 3.28. The Morgan fingerprint density at radius 1 is 1.23 bits per heavy atom. The summed E-state index contributed by atoms with van der Waals surface area (Å²) in [5.41, 5.74) is 1.79. The molecule has 1 atom stereocenters. The predicted octanol–water partition coefficient (Wildman–Crippen LogP) is 4.08. The van der Waals surface area contributed by atoms with Crippen molar-refractivity contribution < 1.29 is 9.18 Å². The SMILES string of the molecule is CC(NC(=O)NCCc1cccc(F)c1)c1cccc(Cl)c1. The van der Waals surface area contributed by atoms with Crippen molar-refractivity contribution in [1.82, 2.24) is 10.6 Å². The first-order valence-corrected chi connectivity index (χ1v) is 7.46. The van der Waals surface area contributed by atoms with Gasteiger partial charge >= 0.3 is 6.03 Å². The van der Waals surface area contributed by atoms with Gasteiger partial charge in [0.1, 0.15) is 5.82 Å². The standard InChI is InChI=1S/C17H18ClFN2O/c1-12(14-5-3-6-15(18)11-14)21-17(22)20-9-8-13-4-2-7-16(19)10-13/h2-7,10-12H,8-9H2,1H3,(H2,20,21,22). The molecule has 0 aliphatic rings. The van der Waals surface area contributed by atoms with Crippen molar-refractivity contribution in [2.75, 3.05) is 6.54 Å². The van der Waals surface area contributed by atoms with E-state index in [1.807, 2.05) is 31.2 Å². The maximum absolute atomic E-state index is 13.0. The Morgan fingerprint density at radius 3 is 2.73 bits per heavy atom. The zero-order valence-corrected chi connectivity index (χ0v) is 13.0. The first-order chi connectivity index (χ1) is 10.5. The molecule has 0 aliphatic carbocycles. The normalized spacial score (nSPS) is 11.8. The number of halogens is 2. The zero-order valence-electron chi connectivity index (χ0n) is 12.3. The van der Waals surface area contributed by atoms with Crippen LogP contribution in [0.2, 0.25) is 5.02 Å². The molecule has 0 fully saturated rings. The fraction of sp³-hybridized carbons (Fsp3) is 0.235. The molecule has 1 unspecified atom stereocenters. The lowest BCUT2D eigenvalue weighted by Gasteiger charge is -2.15. The first-order valence-electron chi connectivity index (χ1n) is 7.09. The number of amides is 2. The van der Waals surface area contributed by atoms with Gasteiger partial charge in [0.25, 0.3) is 0 Å². The zero-order chi connectivity index (χ0) is 15.9. The lowest BCUT2D eigenvalue weighted by molar-refractivity contribution is 0.238. The van der Waals surface area contributed by atoms with Crippen LogP contribution in [0.4, 0.5) is 9.18 Å². The number of hydrogen-bond acceptors (Lipinski definition) is 1. The van der Waals surface area contributed by atoms with Crippen LogP contribution >= 0.6 is 11.6 Å². The van der Waals surface area contributed by atoms with E-state index in [0.29, 0.717) is 18.0 Å². The maximum Gasteiger partial charge on any atom is 0.315 e. The van der Waals surface area contributed by atoms with Crippen molar-refractivity contribution >= 4 is 17.6 Å². The van der Waals surface area contributed by atoms with Crippen molar-refractivity contribution in [3.63, 3.8) is 0 Å². The van der Waals surface area contributed by atoms with Gasteiger partial charge in [-0.2, -0.15) is 0 Å². The molecule has 0 bridgehead atoms. The summed E-state index contributed by atoms with van der Waals surface area (Å²) in [6.45, 7) is 2.33. The van der Waals surface area contributed by atoms with Crippen LogP contribution < -0.4 is 10.6 Å². The van der Waals surface area contributed by atoms with Crippen LogP contribution in [0.3, 0.4) is 0 Å². The third-order valence-corrected chi connectivity index (χ3v) is 3.52. The van der Waals surface area contributed by atoms with Gasteiger partial charge in [0.2, 0.25) is 0 Å². The van der Waals surface area contributed by atoms with Crippen molar-refractivity contribution in [3.8, 4) is 0 Å². The monoisotopic (exact) mass is 320 g/mol. The van der Waals surface area contributed by atoms with Crippen LogP contribution in [0.25, 0.3) is 0 Å². The molecule has 0 saturated heterocycles. The number of urea groups is 1. The highest BCUT2D eigenvalue weighted by Crippen LogP contribution is 2.17. The minimum absolute atomic E-state index is 0.145. The number of carbonyl (C=O) groups excluding carboxylic acids is 1. The van der Waals surface area contributed by atoms with Gasteiger partial charge in [-0.05, 0) is 48.7 Å². The lowest BCUT2D eigenvalue weighted by Crippen LogP contribution is -2.38. The minimum Gasteiger partial charge on any atom is -0.338 e. The van der Waals surface area contributed by atoms with E-state index in [4.69, 9.17) is 11.6 Å². The quantitative estimate of drug-likeness (QED) is 0.856. The van der Waals surface area contributed by atoms with E-state index in [1.54, 1.807) is 12.1 Å². The average Bonchev–Trinajstić information content (AvgIpc) is 2.47. The first kappa shape index (κ1) is 16.3. The van der Waals surface area contributed by atoms with Gasteiger partial charge in [-0.1, -0.05) is 35.9 Å². The summed E-state index contributed by atoms with van der Waals surface area (Å²) in [7, 11) is 0. The van der Waals surface area contributed by atoms with E-state index in [2.05, 4.69) is 10.6 Å². The molecule has 2 rings (SSSR count). The molecular formula is C17H18ClFN2O. The summed E-state index contributed by atoms with van der Waals surface area (Å²) >= 11 is 5.93. The van der Waals surface area contributed by atoms with Crippen LogP contribution in [-0.4, -0.2) is 12.6 Å². The predicted molar refractivity (Wildman–Crippen MR) is 86.5 cm³/mol. The Kier molecular flexibility index (Phi) is 5.78. The minimum atomic E-state index is -0.267. The second-order valence-corrected chi connectivity index (χ2v) is 5.49. The second kappa shape index (κ2) is 7.80. The summed E-state index contributed by atoms with van der Waals surface area (Å²) in [6, 6.07) is 13.3. The fourth-order valence-corrected chi connectivity index (χ4v) is 2.32. The molecule has 0 radical (unpaired) electrons. The molecule has 0 spiro atoms. The lowest BCUT2D eigenvalue weighted by atomic mass is 10.1. The van der Waals surface area contributed by atoms with Crippen molar-refractivity contribution in [2.24, 2.45) is 0 Å². The molecule has 0 saturated carbocycles. The van der Waals surface area contributed by atoms with Crippen molar-refractivity contribution in [1.29, 1.82) is 0 Å². The maximum atomic E-state index is 13.0. The molecule has 2 amide bonds. The number of carbonyl (C=O) groups is 1. The van der Waals surface area contributed by atoms with Crippen LogP contribution in [-0.2, 0) is 6.42 Å². The highest BCUT2D eigenvalue weighted by atomic mass is 35.5. The molecule has 0 heterocycles. The topological polar surface area (TPSA) is 41.1 Å². The van der Waals surface area contributed by atoms with Crippen molar-refractivity contribution in [3.05, 3.63) is 70.5 Å². The Bertz CT molecular complexity index is 648. The van der Waals surface area contributed by atoms with Crippen LogP contribution in [0.5, 0.6) is 0 Å². The Labute approximate surface area is 134 Å². The van der Waals surface area contributed by atoms with E-state index in [9.17, 15) is 9.18 Å². The fourth-order valence-electron chi connectivity index (χ4n) is 2.12. The van der Waals surface area contributed by atoms with Gasteiger partial charge in [0.15, 0.2) is 0 Å². The van der Waals surface area contributed by atoms with Gasteiger partial charge in [-0.15, -0.1) is 0 Å². The van der Waals surface area contributed by atoms with Gasteiger partial charge in [-0.3, -0.25) is 0 Å². The molecule has 3 nitrogen and oxygen atoms in total. The summed E-state index contributed by atoms with van der Waals surface area (Å²) in [6.07, 6.45) is 0.580. The smallest absolute Gasteiger partial charge is 0.315 e. The molecule has 116 valence electrons. The van der Waals surface area contributed by atoms with Crippen LogP contribution in [0.1, 0.15) is 24.1 Å². The summed E-state index contributed by atoms with van der Waals surface area (Å²) in [5.74, 6) is -0.267. The highest BCUT2D eigenvalue weighted by molar-refractivity contribution is 6.30. The van der Waals surface area contributed by atoms with Gasteiger partial charge < -0.3 is 10.6 Å². The van der Waals surface area contributed by atoms with Crippen LogP contribution in [0, 0.1) is 5.82 Å². The second-order valence-electron chi connectivity index (χ2n) is 5.06. The van der Waals surface area contributed by atoms with Gasteiger partial charge in [0, 0.05) is 11.6 Å².